The quantitative estimate of drug-likeness (QED) is 0.533. The first kappa shape index (κ1) is 24.9. The first-order valence-electron chi connectivity index (χ1n) is 10.6. The number of β-amino-alcohol motifs (C(OH)–C–C–N with tert-alkyl or cyclic N) is 1. The van der Waals surface area contributed by atoms with Crippen molar-refractivity contribution in [1.82, 2.24) is 10.0 Å². The Bertz CT molecular complexity index is 792. The lowest BCUT2D eigenvalue weighted by Crippen LogP contribution is -2.48. The zero-order valence-corrected chi connectivity index (χ0v) is 19.6. The molecule has 7 nitrogen and oxygen atoms in total. The predicted octanol–water partition coefficient (Wildman–Crippen LogP) is 4.31. The Labute approximate surface area is 185 Å². The number of carbonyl (C=O) groups excluding carboxylic acids is 2. The highest BCUT2D eigenvalue weighted by Gasteiger charge is 2.40. The summed E-state index contributed by atoms with van der Waals surface area (Å²) in [5.41, 5.74) is -0.849. The molecule has 0 spiro atoms. The van der Waals surface area contributed by atoms with E-state index in [4.69, 9.17) is 9.47 Å². The van der Waals surface area contributed by atoms with Gasteiger partial charge in [-0.2, -0.15) is 0 Å². The van der Waals surface area contributed by atoms with Crippen LogP contribution in [0.1, 0.15) is 70.3 Å². The molecule has 31 heavy (non-hydrogen) atoms. The third kappa shape index (κ3) is 7.67. The van der Waals surface area contributed by atoms with Crippen LogP contribution in [0.25, 0.3) is 0 Å². The molecular formula is C24H36N2O5. The summed E-state index contributed by atoms with van der Waals surface area (Å²) in [5.74, 6) is -0.392. The second kappa shape index (κ2) is 9.40. The van der Waals surface area contributed by atoms with Gasteiger partial charge in [0.25, 0.3) is 0 Å². The molecular weight excluding hydrogens is 396 g/mol. The van der Waals surface area contributed by atoms with E-state index in [1.807, 2.05) is 46.6 Å². The van der Waals surface area contributed by atoms with Gasteiger partial charge < -0.3 is 14.6 Å². The lowest BCUT2D eigenvalue weighted by Gasteiger charge is -2.34. The smallest absolute Gasteiger partial charge is 0.425 e. The summed E-state index contributed by atoms with van der Waals surface area (Å²) in [6.45, 7) is 15.7. The Kier molecular flexibility index (Phi) is 7.55. The van der Waals surface area contributed by atoms with Crippen molar-refractivity contribution in [2.45, 2.75) is 77.7 Å². The van der Waals surface area contributed by atoms with E-state index in [1.165, 1.54) is 5.01 Å². The Hall–Kier alpha value is -2.38. The van der Waals surface area contributed by atoms with Crippen LogP contribution in [0.3, 0.4) is 0 Å². The number of aliphatic hydroxyl groups is 1. The molecule has 1 aromatic carbocycles. The average Bonchev–Trinajstić information content (AvgIpc) is 2.99. The summed E-state index contributed by atoms with van der Waals surface area (Å²) in [6, 6.07) is 6.97. The molecule has 1 amide bonds. The van der Waals surface area contributed by atoms with E-state index < -0.39 is 28.9 Å². The van der Waals surface area contributed by atoms with Crippen molar-refractivity contribution >= 4 is 12.1 Å². The lowest BCUT2D eigenvalue weighted by molar-refractivity contribution is -0.0578. The number of carbonyl (C=O) groups is 2. The van der Waals surface area contributed by atoms with Crippen molar-refractivity contribution < 1.29 is 24.2 Å². The van der Waals surface area contributed by atoms with Gasteiger partial charge in [-0.3, -0.25) is 0 Å². The minimum absolute atomic E-state index is 0.258. The molecule has 2 rings (SSSR count). The summed E-state index contributed by atoms with van der Waals surface area (Å²) in [4.78, 5) is 25.2. The maximum Gasteiger partial charge on any atom is 0.425 e. The Morgan fingerprint density at radius 1 is 1.13 bits per heavy atom. The fraction of sp³-hybridized carbons (Fsp3) is 0.583. The molecule has 1 aliphatic rings. The standard InChI is InChI=1S/C24H36N2O5/c1-8-13-24(29)14-15-25(17-24)26(21(28)31-23(5,6)7)16-18-9-11-19(12-10-18)20(27)30-22(2,3)4/h8-12,29H,1,13-17H2,2-7H3. The molecule has 7 heteroatoms. The van der Waals surface area contributed by atoms with Crippen LogP contribution in [-0.4, -0.2) is 57.1 Å². The second-order valence-corrected chi connectivity index (χ2v) is 10.1. The van der Waals surface area contributed by atoms with E-state index in [0.717, 1.165) is 5.56 Å². The summed E-state index contributed by atoms with van der Waals surface area (Å²) >= 11 is 0. The van der Waals surface area contributed by atoms with Crippen molar-refractivity contribution in [3.63, 3.8) is 0 Å². The van der Waals surface area contributed by atoms with Gasteiger partial charge in [-0.1, -0.05) is 18.2 Å². The van der Waals surface area contributed by atoms with Crippen molar-refractivity contribution in [3.8, 4) is 0 Å². The van der Waals surface area contributed by atoms with Crippen LogP contribution >= 0.6 is 0 Å². The number of hydrogen-bond acceptors (Lipinski definition) is 6. The van der Waals surface area contributed by atoms with Gasteiger partial charge in [0.05, 0.1) is 17.7 Å². The van der Waals surface area contributed by atoms with Gasteiger partial charge in [0.15, 0.2) is 0 Å². The van der Waals surface area contributed by atoms with Crippen LogP contribution in [0.2, 0.25) is 0 Å². The van der Waals surface area contributed by atoms with Gasteiger partial charge in [0, 0.05) is 13.1 Å². The molecule has 0 bridgehead atoms. The molecule has 1 N–H and O–H groups in total. The minimum Gasteiger partial charge on any atom is -0.456 e. The van der Waals surface area contributed by atoms with Crippen molar-refractivity contribution in [2.75, 3.05) is 13.1 Å². The van der Waals surface area contributed by atoms with Crippen LogP contribution in [0.5, 0.6) is 0 Å². The number of ether oxygens (including phenoxy) is 2. The summed E-state index contributed by atoms with van der Waals surface area (Å²) in [7, 11) is 0. The predicted molar refractivity (Wildman–Crippen MR) is 119 cm³/mol. The molecule has 1 aliphatic heterocycles. The van der Waals surface area contributed by atoms with E-state index >= 15 is 0 Å². The van der Waals surface area contributed by atoms with E-state index in [1.54, 1.807) is 30.3 Å². The Balaban J connectivity index is 2.18. The van der Waals surface area contributed by atoms with Crippen LogP contribution in [-0.2, 0) is 16.0 Å². The van der Waals surface area contributed by atoms with Crippen LogP contribution in [0.15, 0.2) is 36.9 Å². The number of rotatable bonds is 6. The fourth-order valence-electron chi connectivity index (χ4n) is 3.33. The van der Waals surface area contributed by atoms with Crippen molar-refractivity contribution in [2.24, 2.45) is 0 Å². The fourth-order valence-corrected chi connectivity index (χ4v) is 3.33. The maximum absolute atomic E-state index is 12.9. The van der Waals surface area contributed by atoms with E-state index in [-0.39, 0.29) is 6.54 Å². The van der Waals surface area contributed by atoms with E-state index in [0.29, 0.717) is 31.5 Å². The number of benzene rings is 1. The molecule has 0 aliphatic carbocycles. The molecule has 1 atom stereocenters. The first-order valence-corrected chi connectivity index (χ1v) is 10.6. The molecule has 172 valence electrons. The number of esters is 1. The summed E-state index contributed by atoms with van der Waals surface area (Å²) in [6.07, 6.45) is 2.20. The second-order valence-electron chi connectivity index (χ2n) is 10.1. The summed E-state index contributed by atoms with van der Waals surface area (Å²) < 4.78 is 11.0. The number of amides is 1. The number of nitrogens with zero attached hydrogens (tertiary/aromatic N) is 2. The third-order valence-electron chi connectivity index (χ3n) is 4.70. The maximum atomic E-state index is 12.9. The van der Waals surface area contributed by atoms with Gasteiger partial charge in [-0.15, -0.1) is 6.58 Å². The molecule has 0 radical (unpaired) electrons. The Morgan fingerprint density at radius 3 is 2.23 bits per heavy atom. The third-order valence-corrected chi connectivity index (χ3v) is 4.70. The topological polar surface area (TPSA) is 79.3 Å². The van der Waals surface area contributed by atoms with Gasteiger partial charge >= 0.3 is 12.1 Å². The molecule has 1 heterocycles. The molecule has 1 aromatic rings. The van der Waals surface area contributed by atoms with Gasteiger partial charge in [-0.25, -0.2) is 19.6 Å². The average molecular weight is 433 g/mol. The van der Waals surface area contributed by atoms with Gasteiger partial charge in [0.1, 0.15) is 11.2 Å². The highest BCUT2D eigenvalue weighted by Crippen LogP contribution is 2.28. The number of hydrazine groups is 1. The molecule has 1 saturated heterocycles. The normalized spacial score (nSPS) is 19.7. The summed E-state index contributed by atoms with van der Waals surface area (Å²) in [5, 5.41) is 14.1. The largest absolute Gasteiger partial charge is 0.456 e. The highest BCUT2D eigenvalue weighted by atomic mass is 16.6. The van der Waals surface area contributed by atoms with Crippen molar-refractivity contribution in [3.05, 3.63) is 48.0 Å². The first-order chi connectivity index (χ1) is 14.2. The lowest BCUT2D eigenvalue weighted by atomic mass is 9.99. The van der Waals surface area contributed by atoms with Gasteiger partial charge in [-0.05, 0) is 72.1 Å². The minimum atomic E-state index is -0.914. The molecule has 1 unspecified atom stereocenters. The van der Waals surface area contributed by atoms with Crippen LogP contribution in [0, 0.1) is 0 Å². The van der Waals surface area contributed by atoms with Gasteiger partial charge in [0.2, 0.25) is 0 Å². The zero-order chi connectivity index (χ0) is 23.4. The number of hydrogen-bond donors (Lipinski definition) is 1. The van der Waals surface area contributed by atoms with Crippen LogP contribution < -0.4 is 0 Å². The molecule has 0 saturated carbocycles. The van der Waals surface area contributed by atoms with E-state index in [9.17, 15) is 14.7 Å². The molecule has 1 fully saturated rings. The van der Waals surface area contributed by atoms with Crippen LogP contribution in [0.4, 0.5) is 4.79 Å². The SMILES string of the molecule is C=CCC1(O)CCN(N(Cc2ccc(C(=O)OC(C)(C)C)cc2)C(=O)OC(C)(C)C)C1. The van der Waals surface area contributed by atoms with E-state index in [2.05, 4.69) is 6.58 Å². The highest BCUT2D eigenvalue weighted by molar-refractivity contribution is 5.89. The van der Waals surface area contributed by atoms with Crippen molar-refractivity contribution in [1.29, 1.82) is 0 Å². The monoisotopic (exact) mass is 432 g/mol. The Morgan fingerprint density at radius 2 is 1.71 bits per heavy atom. The molecule has 0 aromatic heterocycles. The zero-order valence-electron chi connectivity index (χ0n) is 19.6.